The molecule has 0 saturated heterocycles. The standard InChI is InChI=1S/C19H17ClFN3O2/c1-12-17(10-22-24(12)16-8-4-14(20)5-9-16)19(26)23-18(11-25)13-2-6-15(21)7-3-13/h2-10,18,25H,11H2,1H3,(H,23,26). The number of carbonyl (C=O) groups is 1. The zero-order valence-electron chi connectivity index (χ0n) is 14.0. The van der Waals surface area contributed by atoms with Crippen molar-refractivity contribution in [3.05, 3.63) is 82.4 Å². The van der Waals surface area contributed by atoms with Gasteiger partial charge in [0.2, 0.25) is 0 Å². The highest BCUT2D eigenvalue weighted by atomic mass is 35.5. The fourth-order valence-electron chi connectivity index (χ4n) is 2.64. The molecule has 1 atom stereocenters. The van der Waals surface area contributed by atoms with Gasteiger partial charge in [-0.25, -0.2) is 9.07 Å². The van der Waals surface area contributed by atoms with Crippen molar-refractivity contribution in [3.8, 4) is 5.69 Å². The predicted molar refractivity (Wildman–Crippen MR) is 97.0 cm³/mol. The van der Waals surface area contributed by atoms with Crippen molar-refractivity contribution in [1.82, 2.24) is 15.1 Å². The quantitative estimate of drug-likeness (QED) is 0.720. The second-order valence-corrected chi connectivity index (χ2v) is 6.23. The first-order chi connectivity index (χ1) is 12.5. The lowest BCUT2D eigenvalue weighted by molar-refractivity contribution is 0.0915. The van der Waals surface area contributed by atoms with Crippen LogP contribution in [0.2, 0.25) is 5.02 Å². The van der Waals surface area contributed by atoms with Gasteiger partial charge in [-0.3, -0.25) is 4.79 Å². The number of aliphatic hydroxyl groups excluding tert-OH is 1. The van der Waals surface area contributed by atoms with E-state index < -0.39 is 6.04 Å². The number of halogens is 2. The Bertz CT molecular complexity index is 908. The third kappa shape index (κ3) is 3.76. The number of hydrogen-bond donors (Lipinski definition) is 2. The second-order valence-electron chi connectivity index (χ2n) is 5.79. The van der Waals surface area contributed by atoms with Gasteiger partial charge in [0.15, 0.2) is 0 Å². The molecule has 0 bridgehead atoms. The fourth-order valence-corrected chi connectivity index (χ4v) is 2.77. The Morgan fingerprint density at radius 2 is 1.88 bits per heavy atom. The largest absolute Gasteiger partial charge is 0.394 e. The van der Waals surface area contributed by atoms with Crippen LogP contribution in [0, 0.1) is 12.7 Å². The first-order valence-corrected chi connectivity index (χ1v) is 8.35. The third-order valence-corrected chi connectivity index (χ3v) is 4.34. The van der Waals surface area contributed by atoms with Gasteiger partial charge in [0, 0.05) is 5.02 Å². The minimum atomic E-state index is -0.638. The Balaban J connectivity index is 1.81. The van der Waals surface area contributed by atoms with Crippen molar-refractivity contribution < 1.29 is 14.3 Å². The minimum Gasteiger partial charge on any atom is -0.394 e. The predicted octanol–water partition coefficient (Wildman–Crippen LogP) is 3.44. The lowest BCUT2D eigenvalue weighted by atomic mass is 10.1. The van der Waals surface area contributed by atoms with Gasteiger partial charge >= 0.3 is 0 Å². The molecule has 0 saturated carbocycles. The molecule has 0 spiro atoms. The molecule has 1 unspecified atom stereocenters. The highest BCUT2D eigenvalue weighted by Gasteiger charge is 2.19. The maximum absolute atomic E-state index is 13.1. The summed E-state index contributed by atoms with van der Waals surface area (Å²) in [6, 6.07) is 12.1. The summed E-state index contributed by atoms with van der Waals surface area (Å²) < 4.78 is 14.7. The van der Waals surface area contributed by atoms with Gasteiger partial charge in [-0.05, 0) is 48.9 Å². The Morgan fingerprint density at radius 1 is 1.23 bits per heavy atom. The normalized spacial score (nSPS) is 12.0. The van der Waals surface area contributed by atoms with E-state index in [1.165, 1.54) is 30.5 Å². The lowest BCUT2D eigenvalue weighted by Crippen LogP contribution is -2.31. The van der Waals surface area contributed by atoms with Crippen molar-refractivity contribution in [2.45, 2.75) is 13.0 Å². The van der Waals surface area contributed by atoms with E-state index in [9.17, 15) is 14.3 Å². The number of benzene rings is 2. The van der Waals surface area contributed by atoms with Crippen molar-refractivity contribution in [2.75, 3.05) is 6.61 Å². The van der Waals surface area contributed by atoms with E-state index in [0.717, 1.165) is 5.69 Å². The first kappa shape index (κ1) is 18.1. The summed E-state index contributed by atoms with van der Waals surface area (Å²) in [7, 11) is 0. The molecule has 7 heteroatoms. The van der Waals surface area contributed by atoms with Crippen molar-refractivity contribution in [1.29, 1.82) is 0 Å². The summed E-state index contributed by atoms with van der Waals surface area (Å²) >= 11 is 5.89. The highest BCUT2D eigenvalue weighted by Crippen LogP contribution is 2.19. The number of nitrogens with zero attached hydrogens (tertiary/aromatic N) is 2. The molecule has 134 valence electrons. The van der Waals surface area contributed by atoms with Crippen molar-refractivity contribution >= 4 is 17.5 Å². The molecule has 3 aromatic rings. The fraction of sp³-hybridized carbons (Fsp3) is 0.158. The third-order valence-electron chi connectivity index (χ3n) is 4.09. The van der Waals surface area contributed by atoms with Gasteiger partial charge < -0.3 is 10.4 Å². The molecule has 0 aliphatic carbocycles. The second kappa shape index (κ2) is 7.68. The lowest BCUT2D eigenvalue weighted by Gasteiger charge is -2.16. The molecule has 0 aliphatic heterocycles. The topological polar surface area (TPSA) is 67.2 Å². The summed E-state index contributed by atoms with van der Waals surface area (Å²) in [6.45, 7) is 1.48. The zero-order chi connectivity index (χ0) is 18.7. The molecule has 1 amide bonds. The van der Waals surface area contributed by atoms with E-state index >= 15 is 0 Å². The van der Waals surface area contributed by atoms with Crippen LogP contribution in [0.5, 0.6) is 0 Å². The van der Waals surface area contributed by atoms with Gasteiger partial charge in [-0.15, -0.1) is 0 Å². The van der Waals surface area contributed by atoms with Crippen LogP contribution in [-0.4, -0.2) is 27.4 Å². The monoisotopic (exact) mass is 373 g/mol. The molecule has 3 rings (SSSR count). The molecule has 26 heavy (non-hydrogen) atoms. The van der Waals surface area contributed by atoms with Crippen LogP contribution in [0.4, 0.5) is 4.39 Å². The molecule has 2 N–H and O–H groups in total. The molecular formula is C19H17ClFN3O2. The Labute approximate surface area is 155 Å². The summed E-state index contributed by atoms with van der Waals surface area (Å²) in [4.78, 5) is 12.6. The van der Waals surface area contributed by atoms with Crippen molar-refractivity contribution in [2.24, 2.45) is 0 Å². The van der Waals surface area contributed by atoms with E-state index in [2.05, 4.69) is 10.4 Å². The van der Waals surface area contributed by atoms with Gasteiger partial charge in [0.25, 0.3) is 5.91 Å². The van der Waals surface area contributed by atoms with Crippen LogP contribution < -0.4 is 5.32 Å². The maximum Gasteiger partial charge on any atom is 0.255 e. The number of nitrogens with one attached hydrogen (secondary N) is 1. The molecular weight excluding hydrogens is 357 g/mol. The number of amides is 1. The Morgan fingerprint density at radius 3 is 2.50 bits per heavy atom. The van der Waals surface area contributed by atoms with Gasteiger partial charge in [-0.1, -0.05) is 23.7 Å². The summed E-state index contributed by atoms with van der Waals surface area (Å²) in [6.07, 6.45) is 1.47. The first-order valence-electron chi connectivity index (χ1n) is 7.97. The molecule has 1 heterocycles. The molecule has 5 nitrogen and oxygen atoms in total. The van der Waals surface area contributed by atoms with Crippen LogP contribution in [0.1, 0.15) is 27.7 Å². The zero-order valence-corrected chi connectivity index (χ0v) is 14.7. The van der Waals surface area contributed by atoms with Crippen LogP contribution in [0.25, 0.3) is 5.69 Å². The molecule has 1 aromatic heterocycles. The van der Waals surface area contributed by atoms with Gasteiger partial charge in [-0.2, -0.15) is 5.10 Å². The number of aliphatic hydroxyl groups is 1. The van der Waals surface area contributed by atoms with Crippen LogP contribution in [0.3, 0.4) is 0 Å². The summed E-state index contributed by atoms with van der Waals surface area (Å²) in [5, 5.41) is 17.2. The van der Waals surface area contributed by atoms with E-state index in [0.29, 0.717) is 21.8 Å². The molecule has 2 aromatic carbocycles. The number of rotatable bonds is 5. The summed E-state index contributed by atoms with van der Waals surface area (Å²) in [5.41, 5.74) is 2.44. The van der Waals surface area contributed by atoms with E-state index in [1.807, 2.05) is 0 Å². The van der Waals surface area contributed by atoms with Crippen LogP contribution in [-0.2, 0) is 0 Å². The van der Waals surface area contributed by atoms with Gasteiger partial charge in [0.1, 0.15) is 5.82 Å². The maximum atomic E-state index is 13.1. The summed E-state index contributed by atoms with van der Waals surface area (Å²) in [5.74, 6) is -0.747. The van der Waals surface area contributed by atoms with E-state index in [1.54, 1.807) is 35.9 Å². The average Bonchev–Trinajstić information content (AvgIpc) is 3.02. The van der Waals surface area contributed by atoms with E-state index in [-0.39, 0.29) is 18.3 Å². The highest BCUT2D eigenvalue weighted by molar-refractivity contribution is 6.30. The smallest absolute Gasteiger partial charge is 0.255 e. The van der Waals surface area contributed by atoms with E-state index in [4.69, 9.17) is 11.6 Å². The number of aromatic nitrogens is 2. The average molecular weight is 374 g/mol. The Hall–Kier alpha value is -2.70. The molecule has 0 fully saturated rings. The van der Waals surface area contributed by atoms with Crippen LogP contribution in [0.15, 0.2) is 54.7 Å². The number of carbonyl (C=O) groups excluding carboxylic acids is 1. The van der Waals surface area contributed by atoms with Crippen LogP contribution >= 0.6 is 11.6 Å². The minimum absolute atomic E-state index is 0.304. The molecule has 0 radical (unpaired) electrons. The van der Waals surface area contributed by atoms with Crippen molar-refractivity contribution in [3.63, 3.8) is 0 Å². The van der Waals surface area contributed by atoms with Gasteiger partial charge in [0.05, 0.1) is 35.8 Å². The molecule has 0 aliphatic rings. The number of hydrogen-bond acceptors (Lipinski definition) is 3. The Kier molecular flexibility index (Phi) is 5.35. The SMILES string of the molecule is Cc1c(C(=O)NC(CO)c2ccc(F)cc2)cnn1-c1ccc(Cl)cc1.